The Bertz CT molecular complexity index is 751. The number of carbonyl (C=O) groups excluding carboxylic acids is 3. The maximum absolute atomic E-state index is 13.2. The number of amides is 2. The molecular formula is C22H29ClN2O3. The quantitative estimate of drug-likeness (QED) is 0.763. The molecule has 1 atom stereocenters. The number of Topliss-reactive ketones (excluding diaryl/α,β-unsaturated/α-hetero) is 1. The molecule has 1 aromatic rings. The summed E-state index contributed by atoms with van der Waals surface area (Å²) in [5.41, 5.74) is -0.351. The molecule has 1 aromatic carbocycles. The summed E-state index contributed by atoms with van der Waals surface area (Å²) in [5, 5.41) is 0.500. The molecule has 0 aromatic heterocycles. The first kappa shape index (κ1) is 20.8. The second kappa shape index (κ2) is 9.08. The second-order valence-corrected chi connectivity index (χ2v) is 8.31. The summed E-state index contributed by atoms with van der Waals surface area (Å²) >= 11 is 6.46. The predicted octanol–water partition coefficient (Wildman–Crippen LogP) is 3.93. The molecule has 28 heavy (non-hydrogen) atoms. The van der Waals surface area contributed by atoms with E-state index >= 15 is 0 Å². The minimum absolute atomic E-state index is 0.0226. The van der Waals surface area contributed by atoms with Crippen molar-refractivity contribution in [3.05, 3.63) is 34.9 Å². The smallest absolute Gasteiger partial charge is 0.243 e. The van der Waals surface area contributed by atoms with Crippen LogP contribution in [0.4, 0.5) is 0 Å². The van der Waals surface area contributed by atoms with Crippen molar-refractivity contribution in [2.24, 2.45) is 0 Å². The van der Waals surface area contributed by atoms with Crippen LogP contribution in [0.25, 0.3) is 0 Å². The largest absolute Gasteiger partial charge is 0.333 e. The third kappa shape index (κ3) is 4.09. The zero-order valence-electron chi connectivity index (χ0n) is 16.6. The highest BCUT2D eigenvalue weighted by Crippen LogP contribution is 2.42. The van der Waals surface area contributed by atoms with Gasteiger partial charge >= 0.3 is 0 Å². The number of carbonyl (C=O) groups is 3. The van der Waals surface area contributed by atoms with E-state index in [0.717, 1.165) is 38.5 Å². The van der Waals surface area contributed by atoms with Crippen LogP contribution in [0.3, 0.4) is 0 Å². The Morgan fingerprint density at radius 3 is 2.54 bits per heavy atom. The molecule has 152 valence electrons. The van der Waals surface area contributed by atoms with Crippen molar-refractivity contribution in [2.75, 3.05) is 20.1 Å². The lowest BCUT2D eigenvalue weighted by molar-refractivity contribution is -0.151. The van der Waals surface area contributed by atoms with Gasteiger partial charge in [-0.3, -0.25) is 14.4 Å². The van der Waals surface area contributed by atoms with E-state index in [1.165, 1.54) is 0 Å². The van der Waals surface area contributed by atoms with Crippen LogP contribution in [0, 0.1) is 0 Å². The van der Waals surface area contributed by atoms with Crippen LogP contribution >= 0.6 is 11.6 Å². The minimum Gasteiger partial charge on any atom is -0.333 e. The molecular weight excluding hydrogens is 376 g/mol. The summed E-state index contributed by atoms with van der Waals surface area (Å²) in [6.07, 6.45) is 7.11. The summed E-state index contributed by atoms with van der Waals surface area (Å²) in [6, 6.07) is 7.29. The molecule has 1 aliphatic carbocycles. The van der Waals surface area contributed by atoms with E-state index in [9.17, 15) is 14.4 Å². The van der Waals surface area contributed by atoms with Crippen LogP contribution in [-0.4, -0.2) is 47.5 Å². The Hall–Kier alpha value is -1.88. The fourth-order valence-corrected chi connectivity index (χ4v) is 4.79. The lowest BCUT2D eigenvalue weighted by Gasteiger charge is -2.44. The van der Waals surface area contributed by atoms with Crippen molar-refractivity contribution in [1.82, 2.24) is 9.80 Å². The monoisotopic (exact) mass is 404 g/mol. The summed E-state index contributed by atoms with van der Waals surface area (Å²) < 4.78 is 0. The zero-order valence-corrected chi connectivity index (χ0v) is 17.3. The molecule has 5 nitrogen and oxygen atoms in total. The van der Waals surface area contributed by atoms with Crippen LogP contribution in [0.1, 0.15) is 63.4 Å². The summed E-state index contributed by atoms with van der Waals surface area (Å²) in [4.78, 5) is 42.0. The van der Waals surface area contributed by atoms with Gasteiger partial charge < -0.3 is 9.80 Å². The Balaban J connectivity index is 1.88. The SMILES string of the molecule is CN(C(=O)CN1CCCCCCC1=O)C1(c2ccccc2Cl)CCCCC1=O. The van der Waals surface area contributed by atoms with Gasteiger partial charge in [0.1, 0.15) is 5.54 Å². The molecule has 1 aliphatic heterocycles. The topological polar surface area (TPSA) is 57.7 Å². The summed E-state index contributed by atoms with van der Waals surface area (Å²) in [6.45, 7) is 0.625. The van der Waals surface area contributed by atoms with E-state index in [2.05, 4.69) is 0 Å². The van der Waals surface area contributed by atoms with Gasteiger partial charge in [-0.05, 0) is 38.2 Å². The molecule has 1 heterocycles. The van der Waals surface area contributed by atoms with Gasteiger partial charge in [-0.1, -0.05) is 42.6 Å². The number of likely N-dealkylation sites (tertiary alicyclic amines) is 1. The van der Waals surface area contributed by atoms with Crippen LogP contribution in [0.2, 0.25) is 5.02 Å². The van der Waals surface area contributed by atoms with E-state index < -0.39 is 5.54 Å². The third-order valence-electron chi connectivity index (χ3n) is 6.17. The van der Waals surface area contributed by atoms with Gasteiger partial charge in [0, 0.05) is 37.0 Å². The first-order valence-electron chi connectivity index (χ1n) is 10.3. The molecule has 3 rings (SSSR count). The summed E-state index contributed by atoms with van der Waals surface area (Å²) in [7, 11) is 1.68. The number of hydrogen-bond acceptors (Lipinski definition) is 3. The number of ketones is 1. The van der Waals surface area contributed by atoms with E-state index in [1.807, 2.05) is 18.2 Å². The minimum atomic E-state index is -1.04. The van der Waals surface area contributed by atoms with Crippen molar-refractivity contribution in [1.29, 1.82) is 0 Å². The highest BCUT2D eigenvalue weighted by molar-refractivity contribution is 6.31. The predicted molar refractivity (Wildman–Crippen MR) is 109 cm³/mol. The van der Waals surface area contributed by atoms with E-state index in [4.69, 9.17) is 11.6 Å². The van der Waals surface area contributed by atoms with Crippen molar-refractivity contribution >= 4 is 29.2 Å². The average Bonchev–Trinajstić information content (AvgIpc) is 2.68. The van der Waals surface area contributed by atoms with Gasteiger partial charge in [0.2, 0.25) is 11.8 Å². The Kier molecular flexibility index (Phi) is 6.76. The van der Waals surface area contributed by atoms with E-state index in [1.54, 1.807) is 22.9 Å². The van der Waals surface area contributed by atoms with Crippen molar-refractivity contribution in [3.8, 4) is 0 Å². The van der Waals surface area contributed by atoms with Gasteiger partial charge in [0.25, 0.3) is 0 Å². The van der Waals surface area contributed by atoms with Crippen molar-refractivity contribution in [3.63, 3.8) is 0 Å². The molecule has 1 saturated carbocycles. The van der Waals surface area contributed by atoms with Crippen LogP contribution < -0.4 is 0 Å². The van der Waals surface area contributed by atoms with Gasteiger partial charge in [-0.2, -0.15) is 0 Å². The normalized spacial score (nSPS) is 23.9. The Morgan fingerprint density at radius 2 is 1.79 bits per heavy atom. The maximum atomic E-state index is 13.2. The number of benzene rings is 1. The molecule has 0 N–H and O–H groups in total. The van der Waals surface area contributed by atoms with Gasteiger partial charge in [0.15, 0.2) is 5.78 Å². The lowest BCUT2D eigenvalue weighted by Crippen LogP contribution is -2.56. The van der Waals surface area contributed by atoms with Gasteiger partial charge in [0.05, 0.1) is 6.54 Å². The summed E-state index contributed by atoms with van der Waals surface area (Å²) in [5.74, 6) is -0.144. The molecule has 2 fully saturated rings. The molecule has 1 saturated heterocycles. The number of rotatable bonds is 4. The van der Waals surface area contributed by atoms with Crippen LogP contribution in [-0.2, 0) is 19.9 Å². The molecule has 1 unspecified atom stereocenters. The fraction of sp³-hybridized carbons (Fsp3) is 0.591. The van der Waals surface area contributed by atoms with Gasteiger partial charge in [-0.15, -0.1) is 0 Å². The second-order valence-electron chi connectivity index (χ2n) is 7.90. The van der Waals surface area contributed by atoms with E-state index in [0.29, 0.717) is 36.4 Å². The molecule has 0 bridgehead atoms. The molecule has 0 spiro atoms. The van der Waals surface area contributed by atoms with Gasteiger partial charge in [-0.25, -0.2) is 0 Å². The van der Waals surface area contributed by atoms with Crippen molar-refractivity contribution in [2.45, 2.75) is 63.3 Å². The standard InChI is InChI=1S/C22H29ClN2O3/c1-24(21(28)16-25-15-9-3-2-4-13-20(25)27)22(14-8-7-12-19(22)26)17-10-5-6-11-18(17)23/h5-6,10-11H,2-4,7-9,12-16H2,1H3. The zero-order chi connectivity index (χ0) is 20.1. The number of hydrogen-bond donors (Lipinski definition) is 0. The molecule has 6 heteroatoms. The average molecular weight is 405 g/mol. The highest BCUT2D eigenvalue weighted by atomic mass is 35.5. The van der Waals surface area contributed by atoms with Crippen molar-refractivity contribution < 1.29 is 14.4 Å². The maximum Gasteiger partial charge on any atom is 0.243 e. The number of halogens is 1. The highest BCUT2D eigenvalue weighted by Gasteiger charge is 2.48. The third-order valence-corrected chi connectivity index (χ3v) is 6.50. The number of nitrogens with zero attached hydrogens (tertiary/aromatic N) is 2. The fourth-order valence-electron chi connectivity index (χ4n) is 4.49. The Morgan fingerprint density at radius 1 is 1.07 bits per heavy atom. The van der Waals surface area contributed by atoms with Crippen LogP contribution in [0.15, 0.2) is 24.3 Å². The molecule has 0 radical (unpaired) electrons. The molecule has 2 amide bonds. The first-order chi connectivity index (χ1) is 13.5. The first-order valence-corrected chi connectivity index (χ1v) is 10.7. The van der Waals surface area contributed by atoms with E-state index in [-0.39, 0.29) is 24.1 Å². The molecule has 2 aliphatic rings. The number of likely N-dealkylation sites (N-methyl/N-ethyl adjacent to an activating group) is 1. The Labute approximate surface area is 172 Å². The lowest BCUT2D eigenvalue weighted by atomic mass is 9.74. The van der Waals surface area contributed by atoms with Crippen LogP contribution in [0.5, 0.6) is 0 Å².